The monoisotopic (exact) mass is 673 g/mol. The number of hydrogen-bond acceptors (Lipinski definition) is 8. The number of hydrogen-bond donors (Lipinski definition) is 3. The number of alkyl carbamates (subject to hydrolysis) is 1. The first kappa shape index (κ1) is 40.6. The predicted molar refractivity (Wildman–Crippen MR) is 184 cm³/mol. The van der Waals surface area contributed by atoms with E-state index in [-0.39, 0.29) is 36.8 Å². The molecule has 270 valence electrons. The number of amides is 5. The molecule has 12 heteroatoms. The molecule has 1 aliphatic rings. The van der Waals surface area contributed by atoms with E-state index in [0.717, 1.165) is 42.7 Å². The van der Waals surface area contributed by atoms with E-state index in [0.29, 0.717) is 25.7 Å². The molecule has 0 spiro atoms. The van der Waals surface area contributed by atoms with E-state index in [1.165, 1.54) is 6.92 Å². The van der Waals surface area contributed by atoms with E-state index in [1.54, 1.807) is 37.9 Å². The van der Waals surface area contributed by atoms with Crippen LogP contribution in [-0.2, 0) is 30.3 Å². The van der Waals surface area contributed by atoms with Crippen LogP contribution < -0.4 is 10.6 Å². The highest BCUT2D eigenvalue weighted by Crippen LogP contribution is 2.30. The Morgan fingerprint density at radius 2 is 1.73 bits per heavy atom. The molecule has 1 saturated carbocycles. The number of imide groups is 1. The highest BCUT2D eigenvalue weighted by atomic mass is 16.6. The Balaban J connectivity index is 2.36. The Morgan fingerprint density at radius 3 is 2.27 bits per heavy atom. The van der Waals surface area contributed by atoms with Crippen molar-refractivity contribution in [2.24, 2.45) is 11.8 Å². The number of pyridine rings is 1. The van der Waals surface area contributed by atoms with Gasteiger partial charge in [-0.25, -0.2) is 4.79 Å². The molecule has 0 aromatic carbocycles. The molecule has 1 aromatic rings. The zero-order chi connectivity index (χ0) is 36.0. The summed E-state index contributed by atoms with van der Waals surface area (Å²) in [6.45, 7) is 14.6. The highest BCUT2D eigenvalue weighted by Gasteiger charge is 2.41. The van der Waals surface area contributed by atoms with Gasteiger partial charge in [0, 0.05) is 30.9 Å². The molecule has 0 bridgehead atoms. The first-order valence-electron chi connectivity index (χ1n) is 17.5. The maximum Gasteiger partial charge on any atom is 0.408 e. The van der Waals surface area contributed by atoms with Gasteiger partial charge in [-0.2, -0.15) is 0 Å². The Hall–Kier alpha value is -3.54. The summed E-state index contributed by atoms with van der Waals surface area (Å²) in [6.07, 6.45) is 5.53. The lowest BCUT2D eigenvalue weighted by atomic mass is 9.87. The normalized spacial score (nSPS) is 17.0. The second kappa shape index (κ2) is 19.5. The van der Waals surface area contributed by atoms with Crippen LogP contribution in [0.2, 0.25) is 0 Å². The summed E-state index contributed by atoms with van der Waals surface area (Å²) in [5, 5.41) is 17.2. The number of carbonyl (C=O) groups excluding carboxylic acids is 5. The number of carbonyl (C=O) groups is 5. The number of aliphatic hydroxyl groups excluding tert-OH is 1. The van der Waals surface area contributed by atoms with Crippen LogP contribution in [0.3, 0.4) is 0 Å². The predicted octanol–water partition coefficient (Wildman–Crippen LogP) is 4.38. The van der Waals surface area contributed by atoms with Gasteiger partial charge in [0.05, 0.1) is 18.6 Å². The molecule has 5 atom stereocenters. The van der Waals surface area contributed by atoms with Crippen LogP contribution in [0, 0.1) is 11.8 Å². The quantitative estimate of drug-likeness (QED) is 0.206. The Kier molecular flexibility index (Phi) is 16.5. The molecule has 1 fully saturated rings. The third-order valence-corrected chi connectivity index (χ3v) is 8.81. The van der Waals surface area contributed by atoms with Crippen LogP contribution >= 0.6 is 0 Å². The second-order valence-corrected chi connectivity index (χ2v) is 14.5. The van der Waals surface area contributed by atoms with Crippen LogP contribution in [0.25, 0.3) is 0 Å². The first-order chi connectivity index (χ1) is 22.6. The van der Waals surface area contributed by atoms with Gasteiger partial charge in [0.2, 0.25) is 24.1 Å². The van der Waals surface area contributed by atoms with Crippen molar-refractivity contribution < 1.29 is 33.8 Å². The summed E-state index contributed by atoms with van der Waals surface area (Å²) in [7, 11) is 0. The van der Waals surface area contributed by atoms with Crippen LogP contribution in [0.4, 0.5) is 4.79 Å². The van der Waals surface area contributed by atoms with Crippen LogP contribution in [0.1, 0.15) is 112 Å². The van der Waals surface area contributed by atoms with E-state index in [2.05, 4.69) is 15.6 Å². The van der Waals surface area contributed by atoms with Gasteiger partial charge >= 0.3 is 6.09 Å². The second-order valence-electron chi connectivity index (χ2n) is 14.5. The lowest BCUT2D eigenvalue weighted by Gasteiger charge is -2.45. The van der Waals surface area contributed by atoms with Crippen molar-refractivity contribution in [2.75, 3.05) is 6.54 Å². The number of ether oxygens (including phenoxy) is 1. The maximum atomic E-state index is 14.7. The summed E-state index contributed by atoms with van der Waals surface area (Å²) in [4.78, 5) is 72.8. The molecule has 5 amide bonds. The van der Waals surface area contributed by atoms with Crippen molar-refractivity contribution in [2.45, 2.75) is 149 Å². The van der Waals surface area contributed by atoms with Gasteiger partial charge in [-0.05, 0) is 70.9 Å². The smallest absolute Gasteiger partial charge is 0.408 e. The molecule has 0 aliphatic heterocycles. The van der Waals surface area contributed by atoms with Crippen molar-refractivity contribution in [3.05, 3.63) is 30.1 Å². The van der Waals surface area contributed by atoms with Gasteiger partial charge in [-0.1, -0.05) is 59.4 Å². The number of nitrogens with zero attached hydrogens (tertiary/aromatic N) is 3. The van der Waals surface area contributed by atoms with Gasteiger partial charge in [-0.3, -0.25) is 29.1 Å². The van der Waals surface area contributed by atoms with Gasteiger partial charge in [0.1, 0.15) is 17.7 Å². The number of aliphatic hydroxyl groups is 1. The minimum Gasteiger partial charge on any atom is -0.444 e. The van der Waals surface area contributed by atoms with E-state index in [4.69, 9.17) is 4.74 Å². The molecular weight excluding hydrogens is 614 g/mol. The molecule has 48 heavy (non-hydrogen) atoms. The van der Waals surface area contributed by atoms with Crippen LogP contribution in [0.15, 0.2) is 24.4 Å². The summed E-state index contributed by atoms with van der Waals surface area (Å²) >= 11 is 0. The minimum absolute atomic E-state index is 0.0691. The van der Waals surface area contributed by atoms with Gasteiger partial charge < -0.3 is 25.4 Å². The zero-order valence-electron chi connectivity index (χ0n) is 30.2. The van der Waals surface area contributed by atoms with Crippen molar-refractivity contribution in [1.29, 1.82) is 0 Å². The summed E-state index contributed by atoms with van der Waals surface area (Å²) in [5.74, 6) is -1.59. The largest absolute Gasteiger partial charge is 0.444 e. The lowest BCUT2D eigenvalue weighted by Crippen LogP contribution is -2.62. The standard InChI is InChI=1S/C36H59N5O7/c1-9-25(4)32(39-33(45)26(5)38-35(47)48-36(6,7)8)34(46)41(28-16-11-10-12-17-28)29(21-24(2)3)30(43)22-31(44)40(23-42)20-18-27-15-13-14-19-37-27/h13-15,19,23-26,28-30,32,43H,9-12,16-18,20-22H2,1-8H3,(H,38,47)(H,39,45)/t25-,26-,29-,30-,32-/m0/s1. The Bertz CT molecular complexity index is 1180. The van der Waals surface area contributed by atoms with Gasteiger partial charge in [0.25, 0.3) is 0 Å². The number of aromatic nitrogens is 1. The first-order valence-corrected chi connectivity index (χ1v) is 17.5. The molecule has 12 nitrogen and oxygen atoms in total. The summed E-state index contributed by atoms with van der Waals surface area (Å²) in [6, 6.07) is 2.61. The Labute approximate surface area is 286 Å². The molecule has 3 N–H and O–H groups in total. The fraction of sp³-hybridized carbons (Fsp3) is 0.722. The van der Waals surface area contributed by atoms with Crippen molar-refractivity contribution in [3.63, 3.8) is 0 Å². The van der Waals surface area contributed by atoms with Crippen LogP contribution in [-0.4, -0.2) is 92.5 Å². The molecule has 1 aliphatic carbocycles. The topological polar surface area (TPSA) is 158 Å². The third kappa shape index (κ3) is 13.2. The molecule has 1 aromatic heterocycles. The van der Waals surface area contributed by atoms with Gasteiger partial charge in [0.15, 0.2) is 0 Å². The highest BCUT2D eigenvalue weighted by molar-refractivity contribution is 5.92. The minimum atomic E-state index is -1.25. The lowest BCUT2D eigenvalue weighted by molar-refractivity contribution is -0.150. The fourth-order valence-electron chi connectivity index (χ4n) is 6.03. The zero-order valence-corrected chi connectivity index (χ0v) is 30.2. The maximum absolute atomic E-state index is 14.7. The average molecular weight is 674 g/mol. The van der Waals surface area contributed by atoms with E-state index in [1.807, 2.05) is 39.8 Å². The van der Waals surface area contributed by atoms with E-state index in [9.17, 15) is 29.1 Å². The summed E-state index contributed by atoms with van der Waals surface area (Å²) < 4.78 is 5.30. The van der Waals surface area contributed by atoms with E-state index >= 15 is 0 Å². The SMILES string of the molecule is CC[C@H](C)[C@H](NC(=O)[C@H](C)NC(=O)OC(C)(C)C)C(=O)N(C1CCCCC1)[C@@H](CC(C)C)[C@@H](O)CC(=O)N(C=O)CCc1ccccn1. The van der Waals surface area contributed by atoms with Crippen LogP contribution in [0.5, 0.6) is 0 Å². The van der Waals surface area contributed by atoms with Crippen molar-refractivity contribution in [3.8, 4) is 0 Å². The number of rotatable bonds is 17. The molecule has 0 unspecified atom stereocenters. The molecule has 2 rings (SSSR count). The molecule has 0 saturated heterocycles. The fourth-order valence-corrected chi connectivity index (χ4v) is 6.03. The van der Waals surface area contributed by atoms with Crippen molar-refractivity contribution >= 4 is 30.2 Å². The molecule has 0 radical (unpaired) electrons. The van der Waals surface area contributed by atoms with E-state index < -0.39 is 47.7 Å². The molecular formula is C36H59N5O7. The van der Waals surface area contributed by atoms with Gasteiger partial charge in [-0.15, -0.1) is 0 Å². The Morgan fingerprint density at radius 1 is 1.06 bits per heavy atom. The third-order valence-electron chi connectivity index (χ3n) is 8.81. The summed E-state index contributed by atoms with van der Waals surface area (Å²) in [5.41, 5.74) is -0.0101. The average Bonchev–Trinajstić information content (AvgIpc) is 3.02. The molecule has 1 heterocycles. The van der Waals surface area contributed by atoms with Crippen molar-refractivity contribution in [1.82, 2.24) is 25.4 Å². The number of nitrogens with one attached hydrogen (secondary N) is 2.